The van der Waals surface area contributed by atoms with Crippen molar-refractivity contribution in [3.8, 4) is 0 Å². The van der Waals surface area contributed by atoms with Gasteiger partial charge in [0.05, 0.1) is 0 Å². The van der Waals surface area contributed by atoms with E-state index in [2.05, 4.69) is 17.1 Å². The van der Waals surface area contributed by atoms with E-state index in [1.165, 1.54) is 25.9 Å². The molecule has 1 aliphatic carbocycles. The van der Waals surface area contributed by atoms with Crippen LogP contribution in [0.25, 0.3) is 0 Å². The van der Waals surface area contributed by atoms with Gasteiger partial charge in [-0.05, 0) is 50.6 Å². The van der Waals surface area contributed by atoms with E-state index in [1.807, 2.05) is 0 Å². The summed E-state index contributed by atoms with van der Waals surface area (Å²) in [7, 11) is 0. The molecule has 3 atom stereocenters. The van der Waals surface area contributed by atoms with Gasteiger partial charge in [-0.25, -0.2) is 0 Å². The number of rotatable bonds is 5. The first-order chi connectivity index (χ1) is 9.20. The molecular weight excluding hydrogens is 309 g/mol. The third-order valence-corrected chi connectivity index (χ3v) is 4.77. The molecule has 2 rings (SSSR count). The van der Waals surface area contributed by atoms with Gasteiger partial charge in [-0.3, -0.25) is 4.79 Å². The Kier molecular flexibility index (Phi) is 10.6. The lowest BCUT2D eigenvalue weighted by Crippen LogP contribution is -2.42. The molecule has 0 aromatic carbocycles. The Labute approximate surface area is 141 Å². The number of nitrogens with one attached hydrogen (secondary N) is 1. The normalized spacial score (nSPS) is 29.3. The lowest BCUT2D eigenvalue weighted by Gasteiger charge is -2.31. The lowest BCUT2D eigenvalue weighted by atomic mass is 9.95. The smallest absolute Gasteiger partial charge is 0.223 e. The predicted molar refractivity (Wildman–Crippen MR) is 92.2 cm³/mol. The number of carbonyl (C=O) groups is 1. The second-order valence-corrected chi connectivity index (χ2v) is 6.37. The van der Waals surface area contributed by atoms with Crippen molar-refractivity contribution in [3.63, 3.8) is 0 Å². The molecule has 1 aliphatic heterocycles. The van der Waals surface area contributed by atoms with Crippen molar-refractivity contribution < 1.29 is 4.79 Å². The van der Waals surface area contributed by atoms with Crippen LogP contribution in [-0.2, 0) is 4.79 Å². The highest BCUT2D eigenvalue weighted by atomic mass is 35.5. The number of piperidine rings is 1. The third kappa shape index (κ3) is 6.31. The monoisotopic (exact) mass is 339 g/mol. The van der Waals surface area contributed by atoms with Crippen molar-refractivity contribution in [2.75, 3.05) is 32.7 Å². The summed E-state index contributed by atoms with van der Waals surface area (Å²) < 4.78 is 0. The lowest BCUT2D eigenvalue weighted by molar-refractivity contribution is -0.126. The predicted octanol–water partition coefficient (Wildman–Crippen LogP) is 2.05. The third-order valence-electron chi connectivity index (χ3n) is 4.77. The standard InChI is InChI=1S/C15H29N3O.2ClH/c1-12-4-3-8-18(11-12)9-7-17-15(19)14-6-2-5-13(14)10-16;;/h12-14H,2-11,16H2,1H3,(H,17,19);2*1H/t12?,13-,14-;;/m1../s1. The number of nitrogens with zero attached hydrogens (tertiary/aromatic N) is 1. The number of hydrogen-bond donors (Lipinski definition) is 2. The Bertz CT molecular complexity index is 305. The summed E-state index contributed by atoms with van der Waals surface area (Å²) in [6.07, 6.45) is 5.95. The fourth-order valence-electron chi connectivity index (χ4n) is 3.62. The van der Waals surface area contributed by atoms with Gasteiger partial charge in [0, 0.05) is 25.6 Å². The number of halogens is 2. The van der Waals surface area contributed by atoms with Crippen LogP contribution < -0.4 is 11.1 Å². The zero-order valence-electron chi connectivity index (χ0n) is 13.1. The van der Waals surface area contributed by atoms with Crippen LogP contribution in [0.15, 0.2) is 0 Å². The summed E-state index contributed by atoms with van der Waals surface area (Å²) >= 11 is 0. The molecule has 1 amide bonds. The minimum atomic E-state index is 0. The molecule has 1 saturated heterocycles. The van der Waals surface area contributed by atoms with E-state index < -0.39 is 0 Å². The molecule has 2 fully saturated rings. The van der Waals surface area contributed by atoms with Crippen molar-refractivity contribution in [1.29, 1.82) is 0 Å². The molecule has 126 valence electrons. The summed E-state index contributed by atoms with van der Waals surface area (Å²) in [6, 6.07) is 0. The SMILES string of the molecule is CC1CCCN(CCNC(=O)[C@@H]2CCC[C@@H]2CN)C1.Cl.Cl. The Morgan fingerprint density at radius 3 is 2.67 bits per heavy atom. The minimum absolute atomic E-state index is 0. The van der Waals surface area contributed by atoms with Gasteiger partial charge in [-0.1, -0.05) is 13.3 Å². The van der Waals surface area contributed by atoms with Crippen LogP contribution in [0.5, 0.6) is 0 Å². The van der Waals surface area contributed by atoms with Crippen LogP contribution in [0.1, 0.15) is 39.0 Å². The molecule has 21 heavy (non-hydrogen) atoms. The Hall–Kier alpha value is -0.0300. The van der Waals surface area contributed by atoms with E-state index in [-0.39, 0.29) is 36.6 Å². The topological polar surface area (TPSA) is 58.4 Å². The molecule has 0 aromatic heterocycles. The molecule has 1 saturated carbocycles. The second-order valence-electron chi connectivity index (χ2n) is 6.37. The van der Waals surface area contributed by atoms with E-state index in [1.54, 1.807) is 0 Å². The largest absolute Gasteiger partial charge is 0.355 e. The van der Waals surface area contributed by atoms with E-state index >= 15 is 0 Å². The summed E-state index contributed by atoms with van der Waals surface area (Å²) in [5, 5.41) is 3.11. The van der Waals surface area contributed by atoms with Gasteiger partial charge in [-0.2, -0.15) is 0 Å². The summed E-state index contributed by atoms with van der Waals surface area (Å²) in [5.41, 5.74) is 5.73. The van der Waals surface area contributed by atoms with Gasteiger partial charge >= 0.3 is 0 Å². The van der Waals surface area contributed by atoms with E-state index in [0.29, 0.717) is 12.5 Å². The molecular formula is C15H31Cl2N3O. The van der Waals surface area contributed by atoms with E-state index in [4.69, 9.17) is 5.73 Å². The van der Waals surface area contributed by atoms with Gasteiger partial charge < -0.3 is 16.0 Å². The summed E-state index contributed by atoms with van der Waals surface area (Å²) in [5.74, 6) is 1.62. The molecule has 0 radical (unpaired) electrons. The summed E-state index contributed by atoms with van der Waals surface area (Å²) in [4.78, 5) is 14.6. The first-order valence-electron chi connectivity index (χ1n) is 7.91. The maximum absolute atomic E-state index is 12.1. The molecule has 1 heterocycles. The van der Waals surface area contributed by atoms with Crippen LogP contribution >= 0.6 is 24.8 Å². The van der Waals surface area contributed by atoms with Crippen molar-refractivity contribution in [2.24, 2.45) is 23.5 Å². The fraction of sp³-hybridized carbons (Fsp3) is 0.933. The van der Waals surface area contributed by atoms with Crippen LogP contribution in [0.4, 0.5) is 0 Å². The first kappa shape index (κ1) is 21.0. The molecule has 0 bridgehead atoms. The average Bonchev–Trinajstić information content (AvgIpc) is 2.87. The number of amides is 1. The van der Waals surface area contributed by atoms with E-state index in [9.17, 15) is 4.79 Å². The fourth-order valence-corrected chi connectivity index (χ4v) is 3.62. The molecule has 2 aliphatic rings. The zero-order valence-corrected chi connectivity index (χ0v) is 14.7. The molecule has 6 heteroatoms. The van der Waals surface area contributed by atoms with Gasteiger partial charge in [0.1, 0.15) is 0 Å². The van der Waals surface area contributed by atoms with Gasteiger partial charge in [0.25, 0.3) is 0 Å². The van der Waals surface area contributed by atoms with Gasteiger partial charge in [0.15, 0.2) is 0 Å². The number of carbonyl (C=O) groups excluding carboxylic acids is 1. The number of likely N-dealkylation sites (tertiary alicyclic amines) is 1. The Morgan fingerprint density at radius 1 is 1.24 bits per heavy atom. The van der Waals surface area contributed by atoms with Gasteiger partial charge in [0.2, 0.25) is 5.91 Å². The molecule has 1 unspecified atom stereocenters. The Morgan fingerprint density at radius 2 is 2.00 bits per heavy atom. The first-order valence-corrected chi connectivity index (χ1v) is 7.91. The van der Waals surface area contributed by atoms with Crippen molar-refractivity contribution in [2.45, 2.75) is 39.0 Å². The molecule has 0 aromatic rings. The Balaban J connectivity index is 0.00000200. The minimum Gasteiger partial charge on any atom is -0.355 e. The van der Waals surface area contributed by atoms with Crippen molar-refractivity contribution >= 4 is 30.7 Å². The number of hydrogen-bond acceptors (Lipinski definition) is 3. The molecule has 0 spiro atoms. The average molecular weight is 340 g/mol. The number of nitrogens with two attached hydrogens (primary N) is 1. The zero-order chi connectivity index (χ0) is 13.7. The maximum Gasteiger partial charge on any atom is 0.223 e. The van der Waals surface area contributed by atoms with E-state index in [0.717, 1.165) is 38.3 Å². The second kappa shape index (κ2) is 10.7. The molecule has 4 nitrogen and oxygen atoms in total. The highest BCUT2D eigenvalue weighted by Crippen LogP contribution is 2.30. The van der Waals surface area contributed by atoms with Crippen molar-refractivity contribution in [3.05, 3.63) is 0 Å². The van der Waals surface area contributed by atoms with Crippen LogP contribution in [-0.4, -0.2) is 43.5 Å². The van der Waals surface area contributed by atoms with Crippen LogP contribution in [0.3, 0.4) is 0 Å². The highest BCUT2D eigenvalue weighted by molar-refractivity contribution is 5.85. The molecule has 3 N–H and O–H groups in total. The maximum atomic E-state index is 12.1. The summed E-state index contributed by atoms with van der Waals surface area (Å²) in [6.45, 7) is 7.13. The van der Waals surface area contributed by atoms with Crippen LogP contribution in [0.2, 0.25) is 0 Å². The highest BCUT2D eigenvalue weighted by Gasteiger charge is 2.31. The van der Waals surface area contributed by atoms with Gasteiger partial charge in [-0.15, -0.1) is 24.8 Å². The quantitative estimate of drug-likeness (QED) is 0.805. The van der Waals surface area contributed by atoms with Crippen LogP contribution in [0, 0.1) is 17.8 Å². The van der Waals surface area contributed by atoms with Crippen molar-refractivity contribution in [1.82, 2.24) is 10.2 Å².